The fourth-order valence-corrected chi connectivity index (χ4v) is 3.79. The van der Waals surface area contributed by atoms with Crippen molar-refractivity contribution in [2.75, 3.05) is 13.1 Å². The van der Waals surface area contributed by atoms with Gasteiger partial charge in [-0.2, -0.15) is 0 Å². The van der Waals surface area contributed by atoms with Crippen molar-refractivity contribution < 1.29 is 13.9 Å². The number of rotatable bonds is 4. The number of hydrogen-bond donors (Lipinski definition) is 0. The fraction of sp³-hybridized carbons (Fsp3) is 0.391. The molecule has 1 fully saturated rings. The van der Waals surface area contributed by atoms with E-state index in [9.17, 15) is 4.79 Å². The molecule has 4 rings (SSSR count). The zero-order valence-corrected chi connectivity index (χ0v) is 16.6. The Hall–Kier alpha value is -2.82. The van der Waals surface area contributed by atoms with Gasteiger partial charge >= 0.3 is 0 Å². The maximum absolute atomic E-state index is 13.0. The number of ether oxygens (including phenoxy) is 1. The Balaban J connectivity index is 1.46. The van der Waals surface area contributed by atoms with E-state index >= 15 is 0 Å². The summed E-state index contributed by atoms with van der Waals surface area (Å²) in [6, 6.07) is 13.7. The number of para-hydroxylation sites is 2. The van der Waals surface area contributed by atoms with Crippen molar-refractivity contribution >= 4 is 17.0 Å². The van der Waals surface area contributed by atoms with Gasteiger partial charge in [0.2, 0.25) is 0 Å². The third-order valence-corrected chi connectivity index (χ3v) is 5.60. The van der Waals surface area contributed by atoms with Crippen LogP contribution in [-0.4, -0.2) is 35.0 Å². The average molecular weight is 378 g/mol. The van der Waals surface area contributed by atoms with Crippen molar-refractivity contribution in [3.63, 3.8) is 0 Å². The first-order chi connectivity index (χ1) is 13.5. The Morgan fingerprint density at radius 3 is 2.86 bits per heavy atom. The Morgan fingerprint density at radius 1 is 1.21 bits per heavy atom. The number of nitrogens with zero attached hydrogens (tertiary/aromatic N) is 2. The van der Waals surface area contributed by atoms with Crippen LogP contribution in [0, 0.1) is 13.8 Å². The summed E-state index contributed by atoms with van der Waals surface area (Å²) in [6.07, 6.45) is 1.39. The predicted molar refractivity (Wildman–Crippen MR) is 109 cm³/mol. The molecule has 0 aliphatic carbocycles. The SMILES string of the molecule is Cc1cccc(O[C@H](C)C(=O)N2CCC[C@@H](c3nc4ccccc4o3)C2)c1C. The van der Waals surface area contributed by atoms with Gasteiger partial charge in [0.25, 0.3) is 5.91 Å². The summed E-state index contributed by atoms with van der Waals surface area (Å²) < 4.78 is 11.9. The van der Waals surface area contributed by atoms with Crippen molar-refractivity contribution in [2.45, 2.75) is 45.6 Å². The summed E-state index contributed by atoms with van der Waals surface area (Å²) in [7, 11) is 0. The zero-order chi connectivity index (χ0) is 19.7. The Bertz CT molecular complexity index is 961. The molecular weight excluding hydrogens is 352 g/mol. The predicted octanol–water partition coefficient (Wildman–Crippen LogP) is 4.62. The van der Waals surface area contributed by atoms with E-state index in [-0.39, 0.29) is 11.8 Å². The van der Waals surface area contributed by atoms with Gasteiger partial charge in [0.05, 0.1) is 5.92 Å². The summed E-state index contributed by atoms with van der Waals surface area (Å²) in [5, 5.41) is 0. The van der Waals surface area contributed by atoms with Crippen LogP contribution < -0.4 is 4.74 Å². The van der Waals surface area contributed by atoms with Crippen LogP contribution in [0.3, 0.4) is 0 Å². The monoisotopic (exact) mass is 378 g/mol. The maximum Gasteiger partial charge on any atom is 0.263 e. The van der Waals surface area contributed by atoms with Crippen LogP contribution in [0.2, 0.25) is 0 Å². The first kappa shape index (κ1) is 18.5. The van der Waals surface area contributed by atoms with E-state index in [1.807, 2.05) is 68.1 Å². The highest BCUT2D eigenvalue weighted by atomic mass is 16.5. The number of piperidine rings is 1. The van der Waals surface area contributed by atoms with Gasteiger partial charge in [-0.15, -0.1) is 0 Å². The molecule has 0 N–H and O–H groups in total. The summed E-state index contributed by atoms with van der Waals surface area (Å²) in [5.41, 5.74) is 3.90. The molecule has 0 spiro atoms. The van der Waals surface area contributed by atoms with Crippen LogP contribution in [0.25, 0.3) is 11.1 Å². The highest BCUT2D eigenvalue weighted by molar-refractivity contribution is 5.81. The average Bonchev–Trinajstić information content (AvgIpc) is 3.15. The van der Waals surface area contributed by atoms with Gasteiger partial charge in [-0.1, -0.05) is 24.3 Å². The quantitative estimate of drug-likeness (QED) is 0.665. The summed E-state index contributed by atoms with van der Waals surface area (Å²) in [6.45, 7) is 7.26. The minimum atomic E-state index is -0.525. The fourth-order valence-electron chi connectivity index (χ4n) is 3.79. The Labute approximate surface area is 165 Å². The lowest BCUT2D eigenvalue weighted by Gasteiger charge is -2.33. The number of aryl methyl sites for hydroxylation is 1. The molecule has 0 unspecified atom stereocenters. The minimum Gasteiger partial charge on any atom is -0.481 e. The topological polar surface area (TPSA) is 55.6 Å². The second-order valence-corrected chi connectivity index (χ2v) is 7.60. The first-order valence-electron chi connectivity index (χ1n) is 9.90. The second-order valence-electron chi connectivity index (χ2n) is 7.60. The molecule has 3 aromatic rings. The lowest BCUT2D eigenvalue weighted by atomic mass is 9.97. The van der Waals surface area contributed by atoms with E-state index < -0.39 is 6.10 Å². The number of oxazole rings is 1. The van der Waals surface area contributed by atoms with Gasteiger partial charge in [0.1, 0.15) is 11.3 Å². The van der Waals surface area contributed by atoms with Crippen LogP contribution in [0.5, 0.6) is 5.75 Å². The number of aromatic nitrogens is 1. The number of carbonyl (C=O) groups excluding carboxylic acids is 1. The Morgan fingerprint density at radius 2 is 2.04 bits per heavy atom. The summed E-state index contributed by atoms with van der Waals surface area (Å²) in [4.78, 5) is 19.5. The van der Waals surface area contributed by atoms with Gasteiger partial charge in [0.15, 0.2) is 17.6 Å². The molecule has 2 heterocycles. The van der Waals surface area contributed by atoms with E-state index in [1.54, 1.807) is 0 Å². The molecule has 2 atom stereocenters. The molecule has 146 valence electrons. The molecule has 1 aromatic heterocycles. The largest absolute Gasteiger partial charge is 0.481 e. The molecule has 1 saturated heterocycles. The number of fused-ring (bicyclic) bond motifs is 1. The third-order valence-electron chi connectivity index (χ3n) is 5.60. The Kier molecular flexibility index (Phi) is 5.07. The van der Waals surface area contributed by atoms with Gasteiger partial charge in [-0.3, -0.25) is 4.79 Å². The van der Waals surface area contributed by atoms with Gasteiger partial charge < -0.3 is 14.1 Å². The van der Waals surface area contributed by atoms with Gasteiger partial charge in [-0.25, -0.2) is 4.98 Å². The molecule has 28 heavy (non-hydrogen) atoms. The van der Waals surface area contributed by atoms with Crippen molar-refractivity contribution in [1.29, 1.82) is 0 Å². The molecule has 2 aromatic carbocycles. The maximum atomic E-state index is 13.0. The zero-order valence-electron chi connectivity index (χ0n) is 16.6. The van der Waals surface area contributed by atoms with Crippen LogP contribution >= 0.6 is 0 Å². The molecule has 5 heteroatoms. The molecule has 0 saturated carbocycles. The standard InChI is InChI=1S/C23H26N2O3/c1-15-8-6-12-20(16(15)2)27-17(3)23(26)25-13-7-9-18(14-25)22-24-19-10-4-5-11-21(19)28-22/h4-6,8,10-12,17-18H,7,9,13-14H2,1-3H3/t17-,18-/m1/s1. The number of carbonyl (C=O) groups is 1. The highest BCUT2D eigenvalue weighted by Crippen LogP contribution is 2.30. The molecule has 1 aliphatic rings. The molecular formula is C23H26N2O3. The number of benzene rings is 2. The van der Waals surface area contributed by atoms with Crippen LogP contribution in [0.4, 0.5) is 0 Å². The third kappa shape index (κ3) is 3.61. The van der Waals surface area contributed by atoms with E-state index in [1.165, 1.54) is 0 Å². The van der Waals surface area contributed by atoms with Crippen LogP contribution in [0.1, 0.15) is 42.7 Å². The van der Waals surface area contributed by atoms with Crippen molar-refractivity contribution in [3.8, 4) is 5.75 Å². The molecule has 1 amide bonds. The number of amides is 1. The van der Waals surface area contributed by atoms with Crippen molar-refractivity contribution in [1.82, 2.24) is 9.88 Å². The van der Waals surface area contributed by atoms with Crippen LogP contribution in [0.15, 0.2) is 46.9 Å². The summed E-state index contributed by atoms with van der Waals surface area (Å²) >= 11 is 0. The lowest BCUT2D eigenvalue weighted by Crippen LogP contribution is -2.45. The van der Waals surface area contributed by atoms with Gasteiger partial charge in [0, 0.05) is 13.1 Å². The van der Waals surface area contributed by atoms with Crippen molar-refractivity contribution in [3.05, 3.63) is 59.5 Å². The summed E-state index contributed by atoms with van der Waals surface area (Å²) in [5.74, 6) is 1.63. The minimum absolute atomic E-state index is 0.0155. The van der Waals surface area contributed by atoms with Crippen LogP contribution in [-0.2, 0) is 4.79 Å². The van der Waals surface area contributed by atoms with E-state index in [4.69, 9.17) is 9.15 Å². The molecule has 0 bridgehead atoms. The number of hydrogen-bond acceptors (Lipinski definition) is 4. The molecule has 0 radical (unpaired) electrons. The first-order valence-corrected chi connectivity index (χ1v) is 9.90. The van der Waals surface area contributed by atoms with E-state index in [0.29, 0.717) is 6.54 Å². The van der Waals surface area contributed by atoms with E-state index in [0.717, 1.165) is 53.3 Å². The second kappa shape index (κ2) is 7.66. The normalized spacial score (nSPS) is 18.2. The highest BCUT2D eigenvalue weighted by Gasteiger charge is 2.31. The smallest absolute Gasteiger partial charge is 0.263 e. The lowest BCUT2D eigenvalue weighted by molar-refractivity contribution is -0.139. The number of likely N-dealkylation sites (tertiary alicyclic amines) is 1. The van der Waals surface area contributed by atoms with E-state index in [2.05, 4.69) is 4.98 Å². The van der Waals surface area contributed by atoms with Gasteiger partial charge in [-0.05, 0) is 62.9 Å². The van der Waals surface area contributed by atoms with Crippen molar-refractivity contribution in [2.24, 2.45) is 0 Å². The molecule has 1 aliphatic heterocycles. The molecule has 5 nitrogen and oxygen atoms in total.